The molecule has 0 aliphatic heterocycles. The number of carbonyl (C=O) groups excluding carboxylic acids is 1. The molecule has 4 nitrogen and oxygen atoms in total. The number of nitrogens with zero attached hydrogens (tertiary/aromatic N) is 1. The molecular weight excluding hydrogens is 358 g/mol. The highest BCUT2D eigenvalue weighted by molar-refractivity contribution is 5.92. The number of hydrogen-bond donors (Lipinski definition) is 2. The normalized spacial score (nSPS) is 17.0. The van der Waals surface area contributed by atoms with Gasteiger partial charge in [-0.1, -0.05) is 61.2 Å². The lowest BCUT2D eigenvalue weighted by molar-refractivity contribution is 0.0668. The molecule has 1 unspecified atom stereocenters. The van der Waals surface area contributed by atoms with E-state index in [0.717, 1.165) is 36.4 Å². The number of aromatic amines is 1. The first-order valence-electron chi connectivity index (χ1n) is 10.3. The van der Waals surface area contributed by atoms with Crippen LogP contribution >= 0.6 is 0 Å². The molecule has 0 spiro atoms. The molecule has 4 heteroatoms. The zero-order valence-electron chi connectivity index (χ0n) is 17.5. The van der Waals surface area contributed by atoms with Gasteiger partial charge in [-0.2, -0.15) is 0 Å². The summed E-state index contributed by atoms with van der Waals surface area (Å²) >= 11 is 0. The fourth-order valence-corrected chi connectivity index (χ4v) is 3.96. The van der Waals surface area contributed by atoms with Crippen molar-refractivity contribution in [1.82, 2.24) is 15.2 Å². The minimum absolute atomic E-state index is 0.0334. The second kappa shape index (κ2) is 9.46. The highest BCUT2D eigenvalue weighted by Gasteiger charge is 2.26. The first-order chi connectivity index (χ1) is 14.0. The molecule has 0 saturated heterocycles. The standard InChI is InChI=1S/C25H31N3O/c1-5-9-21-15-24(27-19(21)4)25(29)28(6-2)23-13-8-12-22(16-23)26-17-20-11-7-10-18(3)14-20/h5,7,9-12,14-15,23,26-27H,1,4,6,8,13,16-17H2,2-3H3/b21-9-. The molecule has 1 heterocycles. The maximum absolute atomic E-state index is 13.2. The number of allylic oxidation sites excluding steroid dienone is 2. The van der Waals surface area contributed by atoms with E-state index < -0.39 is 0 Å². The Hall–Kier alpha value is -3.01. The Morgan fingerprint density at radius 2 is 2.21 bits per heavy atom. The molecule has 29 heavy (non-hydrogen) atoms. The topological polar surface area (TPSA) is 48.1 Å². The number of benzene rings is 1. The molecule has 2 aromatic rings. The number of aryl methyl sites for hydroxylation is 1. The summed E-state index contributed by atoms with van der Waals surface area (Å²) in [5.41, 5.74) is 4.36. The molecule has 3 rings (SSSR count). The van der Waals surface area contributed by atoms with Gasteiger partial charge < -0.3 is 15.2 Å². The predicted octanol–water partition coefficient (Wildman–Crippen LogP) is 3.39. The number of rotatable bonds is 7. The Kier molecular flexibility index (Phi) is 6.76. The van der Waals surface area contributed by atoms with Crippen molar-refractivity contribution >= 4 is 18.6 Å². The van der Waals surface area contributed by atoms with E-state index in [1.807, 2.05) is 24.0 Å². The number of H-pyrrole nitrogens is 1. The third kappa shape index (κ3) is 5.08. The van der Waals surface area contributed by atoms with E-state index in [-0.39, 0.29) is 11.9 Å². The highest BCUT2D eigenvalue weighted by atomic mass is 16.2. The predicted molar refractivity (Wildman–Crippen MR) is 121 cm³/mol. The maximum Gasteiger partial charge on any atom is 0.270 e. The third-order valence-corrected chi connectivity index (χ3v) is 5.45. The second-order valence-corrected chi connectivity index (χ2v) is 7.62. The number of carbonyl (C=O) groups is 1. The van der Waals surface area contributed by atoms with E-state index in [0.29, 0.717) is 12.2 Å². The number of nitrogens with one attached hydrogen (secondary N) is 2. The van der Waals surface area contributed by atoms with Gasteiger partial charge in [0.05, 0.1) is 0 Å². The van der Waals surface area contributed by atoms with Crippen LogP contribution in [0, 0.1) is 6.92 Å². The summed E-state index contributed by atoms with van der Waals surface area (Å²) in [4.78, 5) is 18.3. The van der Waals surface area contributed by atoms with Gasteiger partial charge in [-0.05, 0) is 43.5 Å². The molecule has 1 aromatic carbocycles. The second-order valence-electron chi connectivity index (χ2n) is 7.62. The Balaban J connectivity index is 1.68. The largest absolute Gasteiger partial charge is 0.384 e. The average Bonchev–Trinajstić information content (AvgIpc) is 3.08. The lowest BCUT2D eigenvalue weighted by atomic mass is 9.96. The van der Waals surface area contributed by atoms with Gasteiger partial charge in [-0.25, -0.2) is 0 Å². The quantitative estimate of drug-likeness (QED) is 0.763. The minimum atomic E-state index is 0.0334. The molecule has 0 fully saturated rings. The van der Waals surface area contributed by atoms with E-state index in [4.69, 9.17) is 0 Å². The van der Waals surface area contributed by atoms with Gasteiger partial charge in [-0.3, -0.25) is 4.79 Å². The summed E-state index contributed by atoms with van der Waals surface area (Å²) in [5, 5.41) is 5.22. The molecule has 0 radical (unpaired) electrons. The van der Waals surface area contributed by atoms with E-state index >= 15 is 0 Å². The van der Waals surface area contributed by atoms with Crippen molar-refractivity contribution in [3.63, 3.8) is 0 Å². The van der Waals surface area contributed by atoms with Gasteiger partial charge in [0.1, 0.15) is 5.69 Å². The zero-order chi connectivity index (χ0) is 20.8. The molecule has 1 aliphatic carbocycles. The molecule has 0 saturated carbocycles. The van der Waals surface area contributed by atoms with E-state index in [2.05, 4.69) is 60.7 Å². The summed E-state index contributed by atoms with van der Waals surface area (Å²) in [6.45, 7) is 13.4. The van der Waals surface area contributed by atoms with Gasteiger partial charge in [0.15, 0.2) is 0 Å². The first-order valence-corrected chi connectivity index (χ1v) is 10.3. The smallest absolute Gasteiger partial charge is 0.270 e. The van der Waals surface area contributed by atoms with Crippen molar-refractivity contribution in [2.45, 2.75) is 45.7 Å². The summed E-state index contributed by atoms with van der Waals surface area (Å²) in [6, 6.07) is 10.6. The van der Waals surface area contributed by atoms with Gasteiger partial charge in [0.2, 0.25) is 0 Å². The van der Waals surface area contributed by atoms with E-state index in [1.165, 1.54) is 16.8 Å². The molecule has 1 aromatic heterocycles. The fraction of sp³-hybridized carbons (Fsp3) is 0.320. The van der Waals surface area contributed by atoms with E-state index in [9.17, 15) is 4.79 Å². The van der Waals surface area contributed by atoms with Crippen LogP contribution in [0.25, 0.3) is 12.7 Å². The van der Waals surface area contributed by atoms with Crippen LogP contribution in [0.2, 0.25) is 0 Å². The highest BCUT2D eigenvalue weighted by Crippen LogP contribution is 2.23. The number of hydrogen-bond acceptors (Lipinski definition) is 2. The van der Waals surface area contributed by atoms with Crippen LogP contribution in [0.1, 0.15) is 47.8 Å². The first kappa shape index (κ1) is 20.7. The summed E-state index contributed by atoms with van der Waals surface area (Å²) in [5.74, 6) is 0.0334. The van der Waals surface area contributed by atoms with Crippen molar-refractivity contribution in [2.75, 3.05) is 6.54 Å². The monoisotopic (exact) mass is 389 g/mol. The molecule has 1 atom stereocenters. The Bertz CT molecular complexity index is 1010. The lowest BCUT2D eigenvalue weighted by Gasteiger charge is -2.34. The molecule has 1 amide bonds. The van der Waals surface area contributed by atoms with E-state index in [1.54, 1.807) is 6.08 Å². The SMILES string of the molecule is C=C/C=c1/cc(C(=O)N(CC)C2CCC=C(NCc3cccc(C)c3)C2)[nH]c1=C. The summed E-state index contributed by atoms with van der Waals surface area (Å²) in [7, 11) is 0. The van der Waals surface area contributed by atoms with Crippen LogP contribution in [-0.2, 0) is 6.54 Å². The zero-order valence-corrected chi connectivity index (χ0v) is 17.5. The van der Waals surface area contributed by atoms with Crippen molar-refractivity contribution in [2.24, 2.45) is 0 Å². The maximum atomic E-state index is 13.2. The third-order valence-electron chi connectivity index (χ3n) is 5.45. The van der Waals surface area contributed by atoms with Crippen LogP contribution in [0.4, 0.5) is 0 Å². The number of aromatic nitrogens is 1. The molecular formula is C25H31N3O. The number of amides is 1. The van der Waals surface area contributed by atoms with Gasteiger partial charge in [-0.15, -0.1) is 0 Å². The lowest BCUT2D eigenvalue weighted by Crippen LogP contribution is -2.42. The minimum Gasteiger partial charge on any atom is -0.384 e. The fourth-order valence-electron chi connectivity index (χ4n) is 3.96. The molecule has 2 N–H and O–H groups in total. The van der Waals surface area contributed by atoms with Crippen LogP contribution in [0.5, 0.6) is 0 Å². The average molecular weight is 390 g/mol. The van der Waals surface area contributed by atoms with Crippen molar-refractivity contribution in [1.29, 1.82) is 0 Å². The van der Waals surface area contributed by atoms with Crippen LogP contribution in [-0.4, -0.2) is 28.4 Å². The van der Waals surface area contributed by atoms with Crippen LogP contribution in [0.3, 0.4) is 0 Å². The van der Waals surface area contributed by atoms with Crippen molar-refractivity contribution < 1.29 is 4.79 Å². The van der Waals surface area contributed by atoms with Crippen molar-refractivity contribution in [3.05, 3.63) is 82.1 Å². The van der Waals surface area contributed by atoms with Gasteiger partial charge >= 0.3 is 0 Å². The van der Waals surface area contributed by atoms with Gasteiger partial charge in [0, 0.05) is 36.6 Å². The molecule has 152 valence electrons. The Morgan fingerprint density at radius 3 is 2.93 bits per heavy atom. The van der Waals surface area contributed by atoms with Crippen LogP contribution in [0.15, 0.2) is 54.8 Å². The summed E-state index contributed by atoms with van der Waals surface area (Å²) in [6.07, 6.45) is 8.66. The summed E-state index contributed by atoms with van der Waals surface area (Å²) < 4.78 is 0. The Labute approximate surface area is 173 Å². The van der Waals surface area contributed by atoms with Gasteiger partial charge in [0.25, 0.3) is 5.91 Å². The van der Waals surface area contributed by atoms with Crippen molar-refractivity contribution in [3.8, 4) is 0 Å². The molecule has 1 aliphatic rings. The van der Waals surface area contributed by atoms with Crippen LogP contribution < -0.4 is 15.9 Å². The molecule has 0 bridgehead atoms. The Morgan fingerprint density at radius 1 is 1.38 bits per heavy atom.